The van der Waals surface area contributed by atoms with Crippen LogP contribution in [0.1, 0.15) is 12.5 Å². The molecule has 0 atom stereocenters. The Bertz CT molecular complexity index is 805. The number of fused-ring (bicyclic) bond motifs is 1. The first kappa shape index (κ1) is 13.5. The Labute approximate surface area is 124 Å². The van der Waals surface area contributed by atoms with Crippen molar-refractivity contribution in [2.75, 3.05) is 12.8 Å². The highest BCUT2D eigenvalue weighted by Crippen LogP contribution is 2.31. The van der Waals surface area contributed by atoms with Crippen LogP contribution < -0.4 is 10.5 Å². The van der Waals surface area contributed by atoms with E-state index < -0.39 is 0 Å². The number of hydrogen-bond acceptors (Lipinski definition) is 3. The van der Waals surface area contributed by atoms with Crippen LogP contribution in [0.5, 0.6) is 5.75 Å². The van der Waals surface area contributed by atoms with E-state index in [9.17, 15) is 0 Å². The third-order valence-electron chi connectivity index (χ3n) is 3.89. The summed E-state index contributed by atoms with van der Waals surface area (Å²) in [6, 6.07) is 11.9. The van der Waals surface area contributed by atoms with Crippen molar-refractivity contribution in [3.8, 4) is 17.1 Å². The van der Waals surface area contributed by atoms with Gasteiger partial charge in [0.15, 0.2) is 0 Å². The highest BCUT2D eigenvalue weighted by Gasteiger charge is 2.14. The van der Waals surface area contributed by atoms with Gasteiger partial charge < -0.3 is 15.0 Å². The molecule has 0 saturated heterocycles. The Morgan fingerprint density at radius 2 is 2.05 bits per heavy atom. The molecule has 0 aliphatic heterocycles. The third kappa shape index (κ3) is 2.13. The van der Waals surface area contributed by atoms with Crippen LogP contribution in [0, 0.1) is 6.92 Å². The van der Waals surface area contributed by atoms with Gasteiger partial charge in [-0.05, 0) is 37.6 Å². The summed E-state index contributed by atoms with van der Waals surface area (Å²) >= 11 is 0. The van der Waals surface area contributed by atoms with Gasteiger partial charge in [-0.25, -0.2) is 4.98 Å². The minimum Gasteiger partial charge on any atom is -0.497 e. The number of nitrogens with zero attached hydrogens (tertiary/aromatic N) is 2. The van der Waals surface area contributed by atoms with Crippen LogP contribution in [0.2, 0.25) is 0 Å². The van der Waals surface area contributed by atoms with Crippen molar-refractivity contribution < 1.29 is 4.74 Å². The number of nitrogens with two attached hydrogens (primary N) is 1. The molecule has 0 unspecified atom stereocenters. The number of aryl methyl sites for hydroxylation is 1. The van der Waals surface area contributed by atoms with E-state index in [2.05, 4.69) is 23.6 Å². The maximum atomic E-state index is 6.03. The summed E-state index contributed by atoms with van der Waals surface area (Å²) in [5.41, 5.74) is 11.0. The molecule has 0 amide bonds. The lowest BCUT2D eigenvalue weighted by Crippen LogP contribution is -2.00. The molecule has 3 aromatic rings. The van der Waals surface area contributed by atoms with Gasteiger partial charge in [0.2, 0.25) is 0 Å². The third-order valence-corrected chi connectivity index (χ3v) is 3.89. The van der Waals surface area contributed by atoms with Crippen molar-refractivity contribution in [2.24, 2.45) is 0 Å². The Morgan fingerprint density at radius 3 is 2.76 bits per heavy atom. The number of nitrogen functional groups attached to an aromatic ring is 1. The summed E-state index contributed by atoms with van der Waals surface area (Å²) in [6.45, 7) is 5.01. The number of hydrogen-bond donors (Lipinski definition) is 1. The van der Waals surface area contributed by atoms with Gasteiger partial charge in [0.1, 0.15) is 11.6 Å². The topological polar surface area (TPSA) is 53.1 Å². The predicted octanol–water partition coefficient (Wildman–Crippen LogP) is 3.62. The fraction of sp³-hybridized carbons (Fsp3) is 0.235. The summed E-state index contributed by atoms with van der Waals surface area (Å²) in [5.74, 6) is 1.77. The molecule has 4 nitrogen and oxygen atoms in total. The predicted molar refractivity (Wildman–Crippen MR) is 86.5 cm³/mol. The second kappa shape index (κ2) is 5.13. The number of ether oxygens (including phenoxy) is 1. The Hall–Kier alpha value is -2.49. The Kier molecular flexibility index (Phi) is 3.29. The molecule has 1 heterocycles. The monoisotopic (exact) mass is 281 g/mol. The highest BCUT2D eigenvalue weighted by molar-refractivity contribution is 5.83. The molecule has 0 aliphatic rings. The summed E-state index contributed by atoms with van der Waals surface area (Å²) in [6.07, 6.45) is 0. The zero-order valence-electron chi connectivity index (χ0n) is 12.6. The fourth-order valence-electron chi connectivity index (χ4n) is 2.66. The van der Waals surface area contributed by atoms with E-state index in [0.717, 1.165) is 46.0 Å². The summed E-state index contributed by atoms with van der Waals surface area (Å²) in [7, 11) is 1.67. The maximum Gasteiger partial charge on any atom is 0.141 e. The van der Waals surface area contributed by atoms with Crippen molar-refractivity contribution in [3.63, 3.8) is 0 Å². The van der Waals surface area contributed by atoms with Crippen LogP contribution in [-0.4, -0.2) is 16.7 Å². The summed E-state index contributed by atoms with van der Waals surface area (Å²) in [5, 5.41) is 0. The fourth-order valence-corrected chi connectivity index (χ4v) is 2.66. The SMILES string of the molecule is CCn1c(-c2cccc(N)c2C)nc2cc(OC)ccc21. The van der Waals surface area contributed by atoms with Gasteiger partial charge >= 0.3 is 0 Å². The molecule has 0 saturated carbocycles. The lowest BCUT2D eigenvalue weighted by Gasteiger charge is -2.10. The van der Waals surface area contributed by atoms with Crippen molar-refractivity contribution in [2.45, 2.75) is 20.4 Å². The molecule has 0 aliphatic carbocycles. The normalized spacial score (nSPS) is 11.0. The van der Waals surface area contributed by atoms with Crippen LogP contribution in [0.25, 0.3) is 22.4 Å². The van der Waals surface area contributed by atoms with Crippen molar-refractivity contribution in [1.29, 1.82) is 0 Å². The second-order valence-corrected chi connectivity index (χ2v) is 5.05. The van der Waals surface area contributed by atoms with Gasteiger partial charge in [-0.2, -0.15) is 0 Å². The number of anilines is 1. The van der Waals surface area contributed by atoms with E-state index in [1.165, 1.54) is 0 Å². The minimum atomic E-state index is 0.791. The molecule has 0 bridgehead atoms. The molecule has 21 heavy (non-hydrogen) atoms. The van der Waals surface area contributed by atoms with Crippen molar-refractivity contribution in [1.82, 2.24) is 9.55 Å². The highest BCUT2D eigenvalue weighted by atomic mass is 16.5. The summed E-state index contributed by atoms with van der Waals surface area (Å²) < 4.78 is 7.49. The van der Waals surface area contributed by atoms with E-state index in [1.54, 1.807) is 7.11 Å². The lowest BCUT2D eigenvalue weighted by molar-refractivity contribution is 0.415. The number of imidazole rings is 1. The van der Waals surface area contributed by atoms with Gasteiger partial charge in [-0.15, -0.1) is 0 Å². The van der Waals surface area contributed by atoms with Crippen LogP contribution in [0.15, 0.2) is 36.4 Å². The van der Waals surface area contributed by atoms with Crippen molar-refractivity contribution in [3.05, 3.63) is 42.0 Å². The summed E-state index contributed by atoms with van der Waals surface area (Å²) in [4.78, 5) is 4.79. The maximum absolute atomic E-state index is 6.03. The first-order valence-corrected chi connectivity index (χ1v) is 7.05. The van der Waals surface area contributed by atoms with Gasteiger partial charge in [0, 0.05) is 23.9 Å². The quantitative estimate of drug-likeness (QED) is 0.746. The van der Waals surface area contributed by atoms with Crippen LogP contribution in [0.4, 0.5) is 5.69 Å². The number of aromatic nitrogens is 2. The molecule has 0 radical (unpaired) electrons. The van der Waals surface area contributed by atoms with Crippen LogP contribution in [-0.2, 0) is 6.54 Å². The van der Waals surface area contributed by atoms with Crippen molar-refractivity contribution >= 4 is 16.7 Å². The van der Waals surface area contributed by atoms with E-state index in [0.29, 0.717) is 0 Å². The molecule has 108 valence electrons. The average molecular weight is 281 g/mol. The lowest BCUT2D eigenvalue weighted by atomic mass is 10.1. The van der Waals surface area contributed by atoms with Crippen LogP contribution in [0.3, 0.4) is 0 Å². The molecule has 0 fully saturated rings. The molecule has 4 heteroatoms. The zero-order valence-corrected chi connectivity index (χ0v) is 12.6. The first-order chi connectivity index (χ1) is 10.2. The van der Waals surface area contributed by atoms with Crippen LogP contribution >= 0.6 is 0 Å². The first-order valence-electron chi connectivity index (χ1n) is 7.05. The van der Waals surface area contributed by atoms with Gasteiger partial charge in [0.05, 0.1) is 18.1 Å². The molecule has 0 spiro atoms. The van der Waals surface area contributed by atoms with E-state index in [1.807, 2.05) is 31.2 Å². The molecular formula is C17H19N3O. The molecule has 2 N–H and O–H groups in total. The second-order valence-electron chi connectivity index (χ2n) is 5.05. The largest absolute Gasteiger partial charge is 0.497 e. The number of methoxy groups -OCH3 is 1. The average Bonchev–Trinajstić information content (AvgIpc) is 2.87. The number of rotatable bonds is 3. The smallest absolute Gasteiger partial charge is 0.141 e. The van der Waals surface area contributed by atoms with Gasteiger partial charge in [-0.1, -0.05) is 12.1 Å². The molecule has 3 rings (SSSR count). The molecule has 2 aromatic carbocycles. The number of benzene rings is 2. The standard InChI is InChI=1S/C17H19N3O/c1-4-20-16-9-8-12(21-3)10-15(16)19-17(20)13-6-5-7-14(18)11(13)2/h5-10H,4,18H2,1-3H3. The minimum absolute atomic E-state index is 0.791. The molecular weight excluding hydrogens is 262 g/mol. The van der Waals surface area contributed by atoms with Gasteiger partial charge in [0.25, 0.3) is 0 Å². The van der Waals surface area contributed by atoms with E-state index in [4.69, 9.17) is 15.5 Å². The Balaban J connectivity index is 2.29. The van der Waals surface area contributed by atoms with E-state index >= 15 is 0 Å². The van der Waals surface area contributed by atoms with E-state index in [-0.39, 0.29) is 0 Å². The van der Waals surface area contributed by atoms with Gasteiger partial charge in [-0.3, -0.25) is 0 Å². The Morgan fingerprint density at radius 1 is 1.24 bits per heavy atom. The zero-order chi connectivity index (χ0) is 15.0. The molecule has 1 aromatic heterocycles.